The number of nitrogens with zero attached hydrogens (tertiary/aromatic N) is 1. The van der Waals surface area contributed by atoms with Crippen LogP contribution in [-0.2, 0) is 16.7 Å². The van der Waals surface area contributed by atoms with Gasteiger partial charge < -0.3 is 25.1 Å². The fourth-order valence-corrected chi connectivity index (χ4v) is 3.91. The number of carbonyl (C=O) groups is 1. The van der Waals surface area contributed by atoms with E-state index in [1.165, 1.54) is 6.07 Å². The Hall–Kier alpha value is -1.68. The highest BCUT2D eigenvalue weighted by molar-refractivity contribution is 7.83. The van der Waals surface area contributed by atoms with Gasteiger partial charge >= 0.3 is 0 Å². The Bertz CT molecular complexity index is 714. The number of hydrogen-bond donors (Lipinski definition) is 2. The van der Waals surface area contributed by atoms with Crippen LogP contribution >= 0.6 is 0 Å². The molecule has 1 aliphatic carbocycles. The third-order valence-corrected chi connectivity index (χ3v) is 5.48. The first-order valence-corrected chi connectivity index (χ1v) is 11.1. The summed E-state index contributed by atoms with van der Waals surface area (Å²) in [5.41, 5.74) is 7.25. The van der Waals surface area contributed by atoms with Crippen molar-refractivity contribution >= 4 is 22.0 Å². The van der Waals surface area contributed by atoms with Crippen molar-refractivity contribution in [1.29, 1.82) is 0 Å². The Kier molecular flexibility index (Phi) is 10.4. The molecule has 1 aromatic rings. The first kappa shape index (κ1) is 24.4. The smallest absolute Gasteiger partial charge is 0.159 e. The molecule has 8 nitrogen and oxygen atoms in total. The summed E-state index contributed by atoms with van der Waals surface area (Å²) in [4.78, 5) is 13.2. The summed E-state index contributed by atoms with van der Waals surface area (Å²) < 4.78 is 32.8. The largest absolute Gasteiger partial charge is 0.735 e. The molecule has 0 unspecified atom stereocenters. The van der Waals surface area contributed by atoms with E-state index in [-0.39, 0.29) is 11.6 Å². The Labute approximate surface area is 168 Å². The Morgan fingerprint density at radius 1 is 1.21 bits per heavy atom. The van der Waals surface area contributed by atoms with Crippen LogP contribution in [0.5, 0.6) is 0 Å². The van der Waals surface area contributed by atoms with Crippen molar-refractivity contribution in [2.75, 3.05) is 25.4 Å². The van der Waals surface area contributed by atoms with Crippen molar-refractivity contribution < 1.29 is 22.9 Å². The normalized spacial score (nSPS) is 15.1. The van der Waals surface area contributed by atoms with Gasteiger partial charge in [0, 0.05) is 23.8 Å². The van der Waals surface area contributed by atoms with Crippen molar-refractivity contribution in [3.05, 3.63) is 29.3 Å². The lowest BCUT2D eigenvalue weighted by Gasteiger charge is -2.23. The van der Waals surface area contributed by atoms with Crippen LogP contribution in [0.15, 0.2) is 18.2 Å². The first-order chi connectivity index (χ1) is 13.2. The number of nitrogen functional groups attached to an aromatic ring is 1. The monoisotopic (exact) mass is 413 g/mol. The number of benzene rings is 1. The lowest BCUT2D eigenvalue weighted by atomic mass is 9.96. The number of rotatable bonds is 8. The number of carboxylic acid groups (broad SMARTS) is 1. The molecule has 0 aromatic heterocycles. The van der Waals surface area contributed by atoms with Crippen LogP contribution in [0.25, 0.3) is 0 Å². The Balaban J connectivity index is 0.000000307. The zero-order valence-corrected chi connectivity index (χ0v) is 17.5. The minimum absolute atomic E-state index is 0.105. The predicted molar refractivity (Wildman–Crippen MR) is 106 cm³/mol. The lowest BCUT2D eigenvalue weighted by molar-refractivity contribution is -0.255. The second-order valence-electron chi connectivity index (χ2n) is 6.89. The van der Waals surface area contributed by atoms with Crippen LogP contribution in [0.3, 0.4) is 0 Å². The standard InChI is InChI=1S/C13H20N2O2.C6H13NO3S/c1-3-15(4-2)8-7-10-9-11(14)5-6-12(10)13(16)17;8-11(9,10)7-6-4-2-1-3-5-6/h5-6,9H,3-4,7-8,14H2,1-2H3,(H,16,17);6-7H,1-5H2,(H,8,9,10)/p-2. The molecule has 28 heavy (non-hydrogen) atoms. The summed E-state index contributed by atoms with van der Waals surface area (Å²) in [5, 5.41) is 11.0. The minimum Gasteiger partial charge on any atom is -0.735 e. The number of likely N-dealkylation sites (N-methyl/N-ethyl adjacent to an activating group) is 1. The van der Waals surface area contributed by atoms with Gasteiger partial charge in [-0.3, -0.25) is 0 Å². The maximum absolute atomic E-state index is 11.0. The molecule has 1 aromatic carbocycles. The van der Waals surface area contributed by atoms with Crippen LogP contribution in [0.1, 0.15) is 61.9 Å². The molecule has 0 bridgehead atoms. The highest BCUT2D eigenvalue weighted by atomic mass is 32.2. The van der Waals surface area contributed by atoms with Crippen LogP contribution in [0.2, 0.25) is 0 Å². The van der Waals surface area contributed by atoms with E-state index in [9.17, 15) is 22.9 Å². The molecular formula is C19H31N3O5S-2. The molecule has 0 amide bonds. The molecule has 9 heteroatoms. The fourth-order valence-electron chi connectivity index (χ4n) is 3.26. The number of anilines is 1. The van der Waals surface area contributed by atoms with Gasteiger partial charge in [0.25, 0.3) is 0 Å². The molecule has 1 fully saturated rings. The number of carbonyl (C=O) groups excluding carboxylic acids is 1. The lowest BCUT2D eigenvalue weighted by Crippen LogP contribution is -2.35. The second-order valence-corrected chi connectivity index (χ2v) is 8.03. The molecule has 0 radical (unpaired) electrons. The molecule has 0 aliphatic heterocycles. The predicted octanol–water partition coefficient (Wildman–Crippen LogP) is 0.886. The highest BCUT2D eigenvalue weighted by Crippen LogP contribution is 2.17. The van der Waals surface area contributed by atoms with Gasteiger partial charge in [-0.1, -0.05) is 39.2 Å². The van der Waals surface area contributed by atoms with E-state index in [1.807, 2.05) is 0 Å². The minimum atomic E-state index is -4.22. The third kappa shape index (κ3) is 9.50. The summed E-state index contributed by atoms with van der Waals surface area (Å²) >= 11 is 0. The maximum atomic E-state index is 11.0. The van der Waals surface area contributed by atoms with E-state index < -0.39 is 16.3 Å². The van der Waals surface area contributed by atoms with Gasteiger partial charge in [-0.05, 0) is 50.0 Å². The van der Waals surface area contributed by atoms with Crippen LogP contribution < -0.4 is 15.6 Å². The third-order valence-electron chi connectivity index (χ3n) is 4.86. The van der Waals surface area contributed by atoms with Crippen LogP contribution in [-0.4, -0.2) is 49.5 Å². The van der Waals surface area contributed by atoms with E-state index >= 15 is 0 Å². The molecule has 0 atom stereocenters. The molecule has 1 saturated carbocycles. The number of carboxylic acids is 1. The average molecular weight is 414 g/mol. The summed E-state index contributed by atoms with van der Waals surface area (Å²) in [5.74, 6) is -1.14. The maximum Gasteiger partial charge on any atom is 0.159 e. The molecule has 1 aliphatic rings. The van der Waals surface area contributed by atoms with E-state index in [0.717, 1.165) is 57.3 Å². The summed E-state index contributed by atoms with van der Waals surface area (Å²) in [6.45, 7) is 6.92. The SMILES string of the molecule is CCN(CC)CCc1cc(N)ccc1C(=O)[O-].O=S(=O)([O-])NC1CCCCC1. The topological polar surface area (TPSA) is 139 Å². The van der Waals surface area contributed by atoms with Crippen molar-refractivity contribution in [2.45, 2.75) is 58.4 Å². The van der Waals surface area contributed by atoms with Gasteiger partial charge in [0.15, 0.2) is 10.3 Å². The molecule has 0 spiro atoms. The molecular weight excluding hydrogens is 382 g/mol. The van der Waals surface area contributed by atoms with Crippen LogP contribution in [0.4, 0.5) is 5.69 Å². The number of hydrogen-bond acceptors (Lipinski definition) is 7. The van der Waals surface area contributed by atoms with E-state index in [1.54, 1.807) is 12.1 Å². The molecule has 160 valence electrons. The zero-order valence-electron chi connectivity index (χ0n) is 16.6. The van der Waals surface area contributed by atoms with Gasteiger partial charge in [-0.15, -0.1) is 0 Å². The van der Waals surface area contributed by atoms with Gasteiger partial charge in [0.1, 0.15) is 0 Å². The average Bonchev–Trinajstić information content (AvgIpc) is 2.62. The zero-order chi connectivity index (χ0) is 21.2. The quantitative estimate of drug-likeness (QED) is 0.476. The van der Waals surface area contributed by atoms with Gasteiger partial charge in [-0.25, -0.2) is 13.1 Å². The van der Waals surface area contributed by atoms with E-state index in [0.29, 0.717) is 12.1 Å². The van der Waals surface area contributed by atoms with Crippen molar-refractivity contribution in [3.63, 3.8) is 0 Å². The Morgan fingerprint density at radius 3 is 2.32 bits per heavy atom. The van der Waals surface area contributed by atoms with Crippen molar-refractivity contribution in [1.82, 2.24) is 9.62 Å². The molecule has 0 heterocycles. The first-order valence-electron chi connectivity index (χ1n) is 9.71. The summed E-state index contributed by atoms with van der Waals surface area (Å²) in [7, 11) is -4.22. The molecule has 2 rings (SSSR count). The second kappa shape index (κ2) is 12.0. The van der Waals surface area contributed by atoms with E-state index in [2.05, 4.69) is 23.5 Å². The van der Waals surface area contributed by atoms with Crippen molar-refractivity contribution in [2.24, 2.45) is 0 Å². The van der Waals surface area contributed by atoms with Gasteiger partial charge in [0.2, 0.25) is 0 Å². The number of nitrogens with two attached hydrogens (primary N) is 1. The van der Waals surface area contributed by atoms with Crippen molar-refractivity contribution in [3.8, 4) is 0 Å². The fraction of sp³-hybridized carbons (Fsp3) is 0.632. The van der Waals surface area contributed by atoms with Crippen LogP contribution in [0, 0.1) is 0 Å². The summed E-state index contributed by atoms with van der Waals surface area (Å²) in [6.07, 6.45) is 5.48. The molecule has 0 saturated heterocycles. The van der Waals surface area contributed by atoms with Gasteiger partial charge in [-0.2, -0.15) is 0 Å². The number of nitrogens with one attached hydrogen (secondary N) is 1. The highest BCUT2D eigenvalue weighted by Gasteiger charge is 2.14. The summed E-state index contributed by atoms with van der Waals surface area (Å²) in [6, 6.07) is 4.72. The van der Waals surface area contributed by atoms with Gasteiger partial charge in [0.05, 0.1) is 5.97 Å². The molecule has 3 N–H and O–H groups in total. The Morgan fingerprint density at radius 2 is 1.82 bits per heavy atom. The number of aromatic carboxylic acids is 1. The van der Waals surface area contributed by atoms with E-state index in [4.69, 9.17) is 5.73 Å².